The molecule has 0 fully saturated rings. The molecule has 2 aromatic carbocycles. The summed E-state index contributed by atoms with van der Waals surface area (Å²) < 4.78 is 63.6. The van der Waals surface area contributed by atoms with Crippen molar-refractivity contribution in [1.82, 2.24) is 0 Å². The summed E-state index contributed by atoms with van der Waals surface area (Å²) in [6.07, 6.45) is 0. The summed E-state index contributed by atoms with van der Waals surface area (Å²) in [5, 5.41) is 0. The fourth-order valence-corrected chi connectivity index (χ4v) is 9.37. The Hall–Kier alpha value is -2.74. The van der Waals surface area contributed by atoms with Crippen molar-refractivity contribution in [2.75, 3.05) is 0 Å². The number of rotatable bonds is 2. The van der Waals surface area contributed by atoms with Gasteiger partial charge in [0, 0.05) is 62.6 Å². The van der Waals surface area contributed by atoms with Gasteiger partial charge in [-0.1, -0.05) is 29.8 Å². The summed E-state index contributed by atoms with van der Waals surface area (Å²) in [4.78, 5) is 4.27. The first-order valence-corrected chi connectivity index (χ1v) is 14.3. The lowest BCUT2D eigenvalue weighted by molar-refractivity contribution is 0.0443. The van der Waals surface area contributed by atoms with E-state index in [1.54, 1.807) is 38.2 Å². The van der Waals surface area contributed by atoms with Crippen molar-refractivity contribution in [1.29, 1.82) is 0 Å². The van der Waals surface area contributed by atoms with Crippen LogP contribution in [0.25, 0.3) is 41.1 Å². The Morgan fingerprint density at radius 1 is 0.568 bits per heavy atom. The van der Waals surface area contributed by atoms with Crippen molar-refractivity contribution in [3.63, 3.8) is 0 Å². The lowest BCUT2D eigenvalue weighted by atomic mass is 9.88. The van der Waals surface area contributed by atoms with Crippen LogP contribution in [0.5, 0.6) is 0 Å². The first-order chi connectivity index (χ1) is 17.5. The van der Waals surface area contributed by atoms with E-state index in [1.807, 2.05) is 31.2 Å². The van der Waals surface area contributed by atoms with Crippen molar-refractivity contribution in [2.24, 2.45) is 0 Å². The minimum absolute atomic E-state index is 0.0579. The second kappa shape index (κ2) is 7.43. The molecule has 2 aliphatic carbocycles. The van der Waals surface area contributed by atoms with E-state index in [-0.39, 0.29) is 38.9 Å². The van der Waals surface area contributed by atoms with Crippen LogP contribution in [0.15, 0.2) is 48.5 Å². The summed E-state index contributed by atoms with van der Waals surface area (Å²) >= 11 is 4.08. The van der Waals surface area contributed by atoms with E-state index in [9.17, 15) is 0 Å². The van der Waals surface area contributed by atoms with Crippen molar-refractivity contribution < 1.29 is 17.6 Å². The molecule has 0 unspecified atom stereocenters. The molecule has 37 heavy (non-hydrogen) atoms. The van der Waals surface area contributed by atoms with Gasteiger partial charge in [-0.2, -0.15) is 17.6 Å². The molecular weight excluding hydrogens is 533 g/mol. The molecule has 0 spiro atoms. The molecule has 0 saturated heterocycles. The van der Waals surface area contributed by atoms with E-state index in [4.69, 9.17) is 0 Å². The van der Waals surface area contributed by atoms with Crippen LogP contribution in [0.4, 0.5) is 17.6 Å². The Morgan fingerprint density at radius 2 is 1.11 bits per heavy atom. The Labute approximate surface area is 223 Å². The predicted molar refractivity (Wildman–Crippen MR) is 147 cm³/mol. The summed E-state index contributed by atoms with van der Waals surface area (Å²) in [5.74, 6) is -6.45. The SMILES string of the molecule is Cc1ccc(-c2ccc(-c3cc4c(s3)-c3c(C)c5c(c(C)c3C4(F)F)-c3sc(C)cc3C5(F)F)s2)cc1. The number of aryl methyl sites for hydroxylation is 2. The molecule has 5 aromatic rings. The first-order valence-electron chi connectivity index (χ1n) is 11.9. The smallest absolute Gasteiger partial charge is 0.196 e. The van der Waals surface area contributed by atoms with Crippen LogP contribution in [0.2, 0.25) is 0 Å². The van der Waals surface area contributed by atoms with Crippen molar-refractivity contribution >= 4 is 34.0 Å². The first kappa shape index (κ1) is 23.4. The van der Waals surface area contributed by atoms with Crippen molar-refractivity contribution in [2.45, 2.75) is 39.5 Å². The highest BCUT2D eigenvalue weighted by Crippen LogP contribution is 2.64. The molecule has 0 bridgehead atoms. The number of alkyl halides is 4. The molecule has 2 aliphatic rings. The normalized spacial score (nSPS) is 16.0. The van der Waals surface area contributed by atoms with Gasteiger partial charge in [0.05, 0.1) is 0 Å². The summed E-state index contributed by atoms with van der Waals surface area (Å²) in [6, 6.07) is 15.2. The van der Waals surface area contributed by atoms with Crippen LogP contribution in [-0.2, 0) is 11.8 Å². The zero-order chi connectivity index (χ0) is 26.0. The maximum atomic E-state index is 16.1. The lowest BCUT2D eigenvalue weighted by Gasteiger charge is -2.22. The third-order valence-electron chi connectivity index (χ3n) is 7.53. The molecule has 3 aromatic heterocycles. The van der Waals surface area contributed by atoms with Gasteiger partial charge in [0.25, 0.3) is 0 Å². The zero-order valence-electron chi connectivity index (χ0n) is 20.4. The van der Waals surface area contributed by atoms with E-state index in [0.29, 0.717) is 15.3 Å². The molecular formula is C30H20F4S3. The molecule has 0 aliphatic heterocycles. The molecule has 7 rings (SSSR count). The fraction of sp³-hybridized carbons (Fsp3) is 0.200. The van der Waals surface area contributed by atoms with E-state index in [0.717, 1.165) is 25.1 Å². The van der Waals surface area contributed by atoms with Gasteiger partial charge in [-0.15, -0.1) is 34.0 Å². The molecule has 0 atom stereocenters. The second-order valence-electron chi connectivity index (χ2n) is 9.88. The maximum absolute atomic E-state index is 16.1. The number of benzene rings is 2. The van der Waals surface area contributed by atoms with Gasteiger partial charge in [0.2, 0.25) is 0 Å². The molecule has 0 radical (unpaired) electrons. The standard InChI is InChI=1S/C30H20F4S3/c1-13-5-7-17(8-6-13)20-9-10-21(36-20)22-12-19-28(37-22)24-16(4)25-23(15(3)26(24)30(19,33)34)27-18(29(25,31)32)11-14(2)35-27/h5-12H,1-4H3. The number of halogens is 4. The third-order valence-corrected chi connectivity index (χ3v) is 11.1. The Kier molecular flexibility index (Phi) is 4.69. The van der Waals surface area contributed by atoms with E-state index in [1.165, 1.54) is 34.3 Å². The van der Waals surface area contributed by atoms with Gasteiger partial charge in [0.15, 0.2) is 0 Å². The van der Waals surface area contributed by atoms with Crippen LogP contribution < -0.4 is 0 Å². The third kappa shape index (κ3) is 2.99. The molecule has 3 heterocycles. The highest BCUT2D eigenvalue weighted by Gasteiger charge is 2.54. The topological polar surface area (TPSA) is 0 Å². The number of hydrogen-bond donors (Lipinski definition) is 0. The average molecular weight is 553 g/mol. The summed E-state index contributed by atoms with van der Waals surface area (Å²) in [7, 11) is 0. The van der Waals surface area contributed by atoms with Gasteiger partial charge in [-0.3, -0.25) is 0 Å². The van der Waals surface area contributed by atoms with Crippen LogP contribution >= 0.6 is 34.0 Å². The highest BCUT2D eigenvalue weighted by atomic mass is 32.1. The number of fused-ring (bicyclic) bond motifs is 6. The number of thiophene rings is 3. The molecule has 7 heteroatoms. The summed E-state index contributed by atoms with van der Waals surface area (Å²) in [6.45, 7) is 6.97. The van der Waals surface area contributed by atoms with Crippen LogP contribution in [-0.4, -0.2) is 0 Å². The van der Waals surface area contributed by atoms with Crippen LogP contribution in [0, 0.1) is 27.7 Å². The van der Waals surface area contributed by atoms with E-state index < -0.39 is 11.8 Å². The summed E-state index contributed by atoms with van der Waals surface area (Å²) in [5.41, 5.74) is 3.01. The van der Waals surface area contributed by atoms with Crippen molar-refractivity contribution in [3.05, 3.63) is 92.4 Å². The minimum atomic E-state index is -3.25. The second-order valence-corrected chi connectivity index (χ2v) is 13.3. The molecule has 0 nitrogen and oxygen atoms in total. The van der Waals surface area contributed by atoms with E-state index >= 15 is 17.6 Å². The lowest BCUT2D eigenvalue weighted by Crippen LogP contribution is -2.16. The van der Waals surface area contributed by atoms with Gasteiger partial charge in [-0.05, 0) is 68.7 Å². The Balaban J connectivity index is 1.41. The molecule has 186 valence electrons. The predicted octanol–water partition coefficient (Wildman–Crippen LogP) is 10.7. The monoisotopic (exact) mass is 552 g/mol. The van der Waals surface area contributed by atoms with Gasteiger partial charge in [0.1, 0.15) is 0 Å². The molecule has 0 N–H and O–H groups in total. The largest absolute Gasteiger partial charge is 0.300 e. The minimum Gasteiger partial charge on any atom is -0.196 e. The Morgan fingerprint density at radius 3 is 1.73 bits per heavy atom. The zero-order valence-corrected chi connectivity index (χ0v) is 22.8. The van der Waals surface area contributed by atoms with Gasteiger partial charge < -0.3 is 0 Å². The average Bonchev–Trinajstić information content (AvgIpc) is 3.62. The maximum Gasteiger partial charge on any atom is 0.300 e. The van der Waals surface area contributed by atoms with Crippen LogP contribution in [0.3, 0.4) is 0 Å². The molecule has 0 saturated carbocycles. The van der Waals surface area contributed by atoms with Gasteiger partial charge >= 0.3 is 11.8 Å². The fourth-order valence-electron chi connectivity index (χ4n) is 5.83. The highest BCUT2D eigenvalue weighted by molar-refractivity contribution is 7.25. The van der Waals surface area contributed by atoms with Crippen LogP contribution in [0.1, 0.15) is 43.8 Å². The Bertz CT molecular complexity index is 1760. The molecule has 0 amide bonds. The number of hydrogen-bond acceptors (Lipinski definition) is 3. The van der Waals surface area contributed by atoms with Crippen molar-refractivity contribution in [3.8, 4) is 41.1 Å². The quantitative estimate of drug-likeness (QED) is 0.191. The van der Waals surface area contributed by atoms with Gasteiger partial charge in [-0.25, -0.2) is 0 Å². The van der Waals surface area contributed by atoms with E-state index in [2.05, 4.69) is 12.1 Å².